The van der Waals surface area contributed by atoms with Gasteiger partial charge >= 0.3 is 0 Å². The summed E-state index contributed by atoms with van der Waals surface area (Å²) in [6.45, 7) is 7.93. The standard InChI is InChI=1S/C25H29N5O2S/c1-17(2)14-20(26-25(31)21-7-5-13-32-21)24-28-27-23-9-10-29(11-12-30(23)24)16-19-15-18-6-3-4-8-22(18)33-19/h3-8,13,15,17,20H,9-12,14,16H2,1-2H3,(H,26,31)/t20-/m1/s1. The van der Waals surface area contributed by atoms with Crippen molar-refractivity contribution in [3.05, 3.63) is 71.0 Å². The van der Waals surface area contributed by atoms with E-state index in [9.17, 15) is 4.79 Å². The fourth-order valence-corrected chi connectivity index (χ4v) is 5.58. The molecule has 1 aliphatic rings. The predicted octanol–water partition coefficient (Wildman–Crippen LogP) is 4.66. The number of hydrogen-bond acceptors (Lipinski definition) is 6. The number of carbonyl (C=O) groups excluding carboxylic acids is 1. The molecule has 1 amide bonds. The third-order valence-corrected chi connectivity index (χ3v) is 7.17. The summed E-state index contributed by atoms with van der Waals surface area (Å²) in [5.74, 6) is 2.32. The normalized spacial score (nSPS) is 15.5. The number of nitrogens with one attached hydrogen (secondary N) is 1. The molecule has 1 N–H and O–H groups in total. The summed E-state index contributed by atoms with van der Waals surface area (Å²) >= 11 is 1.87. The second kappa shape index (κ2) is 9.49. The first kappa shape index (κ1) is 21.9. The number of thiophene rings is 1. The van der Waals surface area contributed by atoms with Gasteiger partial charge in [0.05, 0.1) is 12.3 Å². The first-order valence-electron chi connectivity index (χ1n) is 11.5. The molecule has 7 nitrogen and oxygen atoms in total. The molecule has 0 saturated heterocycles. The quantitative estimate of drug-likeness (QED) is 0.431. The van der Waals surface area contributed by atoms with Crippen molar-refractivity contribution >= 4 is 27.3 Å². The molecule has 0 unspecified atom stereocenters. The van der Waals surface area contributed by atoms with Gasteiger partial charge in [-0.05, 0) is 42.0 Å². The minimum absolute atomic E-state index is 0.210. The molecule has 1 atom stereocenters. The van der Waals surface area contributed by atoms with E-state index in [-0.39, 0.29) is 11.9 Å². The fraction of sp³-hybridized carbons (Fsp3) is 0.400. The lowest BCUT2D eigenvalue weighted by Gasteiger charge is -2.21. The summed E-state index contributed by atoms with van der Waals surface area (Å²) in [6, 6.07) is 14.1. The van der Waals surface area contributed by atoms with E-state index >= 15 is 0 Å². The van der Waals surface area contributed by atoms with Gasteiger partial charge in [0.15, 0.2) is 11.6 Å². The second-order valence-electron chi connectivity index (χ2n) is 9.04. The highest BCUT2D eigenvalue weighted by Crippen LogP contribution is 2.27. The smallest absolute Gasteiger partial charge is 0.287 e. The zero-order chi connectivity index (χ0) is 22.8. The number of hydrogen-bond donors (Lipinski definition) is 1. The predicted molar refractivity (Wildman–Crippen MR) is 129 cm³/mol. The van der Waals surface area contributed by atoms with Gasteiger partial charge < -0.3 is 14.3 Å². The van der Waals surface area contributed by atoms with Gasteiger partial charge in [-0.2, -0.15) is 0 Å². The Kier molecular flexibility index (Phi) is 6.28. The molecule has 172 valence electrons. The van der Waals surface area contributed by atoms with E-state index in [1.807, 2.05) is 11.3 Å². The molecule has 1 aromatic carbocycles. The number of furan rings is 1. The van der Waals surface area contributed by atoms with Crippen LogP contribution in [0.15, 0.2) is 53.1 Å². The van der Waals surface area contributed by atoms with Gasteiger partial charge in [0.2, 0.25) is 0 Å². The van der Waals surface area contributed by atoms with Crippen LogP contribution in [0.25, 0.3) is 10.1 Å². The fourth-order valence-electron chi connectivity index (χ4n) is 4.48. The highest BCUT2D eigenvalue weighted by Gasteiger charge is 2.27. The summed E-state index contributed by atoms with van der Waals surface area (Å²) in [7, 11) is 0. The molecule has 8 heteroatoms. The SMILES string of the molecule is CC(C)C[C@@H](NC(=O)c1ccco1)c1nnc2n1CCN(Cc1cc3ccccc3s1)CC2. The summed E-state index contributed by atoms with van der Waals surface area (Å²) in [5, 5.41) is 13.5. The van der Waals surface area contributed by atoms with E-state index in [4.69, 9.17) is 4.42 Å². The molecule has 0 spiro atoms. The van der Waals surface area contributed by atoms with Gasteiger partial charge in [-0.3, -0.25) is 9.69 Å². The first-order valence-corrected chi connectivity index (χ1v) is 12.3. The van der Waals surface area contributed by atoms with Crippen LogP contribution in [0.1, 0.15) is 53.4 Å². The van der Waals surface area contributed by atoms with Crippen molar-refractivity contribution in [3.8, 4) is 0 Å². The molecule has 33 heavy (non-hydrogen) atoms. The molecular formula is C25H29N5O2S. The van der Waals surface area contributed by atoms with Crippen molar-refractivity contribution in [2.24, 2.45) is 5.92 Å². The lowest BCUT2D eigenvalue weighted by molar-refractivity contribution is 0.0900. The molecule has 1 aliphatic heterocycles. The van der Waals surface area contributed by atoms with E-state index in [0.29, 0.717) is 11.7 Å². The molecule has 0 aliphatic carbocycles. The average Bonchev–Trinajstić information content (AvgIpc) is 3.52. The van der Waals surface area contributed by atoms with E-state index < -0.39 is 0 Å². The molecular weight excluding hydrogens is 434 g/mol. The number of rotatable bonds is 7. The van der Waals surface area contributed by atoms with E-state index in [0.717, 1.165) is 50.7 Å². The molecule has 0 fully saturated rings. The van der Waals surface area contributed by atoms with Crippen LogP contribution in [0.3, 0.4) is 0 Å². The topological polar surface area (TPSA) is 76.2 Å². The average molecular weight is 464 g/mol. The highest BCUT2D eigenvalue weighted by molar-refractivity contribution is 7.19. The maximum absolute atomic E-state index is 12.7. The van der Waals surface area contributed by atoms with Crippen molar-refractivity contribution in [2.45, 2.75) is 45.8 Å². The van der Waals surface area contributed by atoms with Crippen LogP contribution in [0.5, 0.6) is 0 Å². The van der Waals surface area contributed by atoms with Gasteiger partial charge in [-0.25, -0.2) is 0 Å². The molecule has 0 bridgehead atoms. The highest BCUT2D eigenvalue weighted by atomic mass is 32.1. The first-order chi connectivity index (χ1) is 16.1. The summed E-state index contributed by atoms with van der Waals surface area (Å²) in [4.78, 5) is 16.6. The molecule has 3 aromatic heterocycles. The van der Waals surface area contributed by atoms with Gasteiger partial charge in [0.1, 0.15) is 5.82 Å². The summed E-state index contributed by atoms with van der Waals surface area (Å²) in [6.07, 6.45) is 3.15. The van der Waals surface area contributed by atoms with Crippen molar-refractivity contribution in [2.75, 3.05) is 13.1 Å². The lowest BCUT2D eigenvalue weighted by atomic mass is 10.0. The van der Waals surface area contributed by atoms with Crippen molar-refractivity contribution in [1.82, 2.24) is 25.0 Å². The molecule has 5 rings (SSSR count). The Labute approximate surface area is 197 Å². The van der Waals surface area contributed by atoms with E-state index in [2.05, 4.69) is 69.2 Å². The van der Waals surface area contributed by atoms with Gasteiger partial charge in [0.25, 0.3) is 5.91 Å². The number of amides is 1. The summed E-state index contributed by atoms with van der Waals surface area (Å²) in [5.41, 5.74) is 0. The van der Waals surface area contributed by atoms with Gasteiger partial charge in [-0.15, -0.1) is 21.5 Å². The minimum Gasteiger partial charge on any atom is -0.459 e. The maximum Gasteiger partial charge on any atom is 0.287 e. The van der Waals surface area contributed by atoms with Crippen LogP contribution in [0.4, 0.5) is 0 Å². The molecule has 0 radical (unpaired) electrons. The van der Waals surface area contributed by atoms with Crippen LogP contribution in [0.2, 0.25) is 0 Å². The Morgan fingerprint density at radius 1 is 1.15 bits per heavy atom. The van der Waals surface area contributed by atoms with Gasteiger partial charge in [0, 0.05) is 42.2 Å². The van der Waals surface area contributed by atoms with Crippen LogP contribution < -0.4 is 5.32 Å². The monoisotopic (exact) mass is 463 g/mol. The lowest BCUT2D eigenvalue weighted by Crippen LogP contribution is -2.32. The molecule has 4 aromatic rings. The van der Waals surface area contributed by atoms with Gasteiger partial charge in [-0.1, -0.05) is 32.0 Å². The molecule has 4 heterocycles. The Hall–Kier alpha value is -2.97. The minimum atomic E-state index is -0.219. The number of fused-ring (bicyclic) bond motifs is 2. The van der Waals surface area contributed by atoms with Crippen molar-refractivity contribution in [3.63, 3.8) is 0 Å². The van der Waals surface area contributed by atoms with Crippen LogP contribution in [0, 0.1) is 5.92 Å². The summed E-state index contributed by atoms with van der Waals surface area (Å²) < 4.78 is 8.83. The Morgan fingerprint density at radius 2 is 2.03 bits per heavy atom. The maximum atomic E-state index is 12.7. The number of nitrogens with zero attached hydrogens (tertiary/aromatic N) is 4. The second-order valence-corrected chi connectivity index (χ2v) is 10.2. The van der Waals surface area contributed by atoms with E-state index in [1.165, 1.54) is 21.2 Å². The van der Waals surface area contributed by atoms with Crippen molar-refractivity contribution in [1.29, 1.82) is 0 Å². The van der Waals surface area contributed by atoms with E-state index in [1.54, 1.807) is 12.1 Å². The zero-order valence-electron chi connectivity index (χ0n) is 19.0. The zero-order valence-corrected chi connectivity index (χ0v) is 19.8. The third kappa shape index (κ3) is 4.86. The number of benzene rings is 1. The Bertz CT molecular complexity index is 1190. The Morgan fingerprint density at radius 3 is 2.82 bits per heavy atom. The number of carbonyl (C=O) groups is 1. The number of aromatic nitrogens is 3. The van der Waals surface area contributed by atoms with Crippen LogP contribution >= 0.6 is 11.3 Å². The van der Waals surface area contributed by atoms with Crippen molar-refractivity contribution < 1.29 is 9.21 Å². The Balaban J connectivity index is 1.31. The third-order valence-electron chi connectivity index (χ3n) is 6.07. The van der Waals surface area contributed by atoms with Crippen LogP contribution in [-0.4, -0.2) is 38.7 Å². The largest absolute Gasteiger partial charge is 0.459 e. The molecule has 0 saturated carbocycles. The van der Waals surface area contributed by atoms with Crippen LogP contribution in [-0.2, 0) is 19.5 Å².